The number of benzene rings is 1. The predicted octanol–water partition coefficient (Wildman–Crippen LogP) is 2.54. The van der Waals surface area contributed by atoms with Crippen LogP contribution in [0.25, 0.3) is 0 Å². The Hall–Kier alpha value is -1.97. The van der Waals surface area contributed by atoms with E-state index in [-0.39, 0.29) is 5.82 Å². The second kappa shape index (κ2) is 4.70. The van der Waals surface area contributed by atoms with Gasteiger partial charge >= 0.3 is 0 Å². The normalized spacial score (nSPS) is 10.1. The number of aromatic nitrogens is 2. The van der Waals surface area contributed by atoms with Gasteiger partial charge in [0.05, 0.1) is 11.9 Å². The second-order valence-corrected chi connectivity index (χ2v) is 3.53. The topological polar surface area (TPSA) is 37.8 Å². The maximum absolute atomic E-state index is 12.7. The van der Waals surface area contributed by atoms with Crippen molar-refractivity contribution in [1.29, 1.82) is 0 Å². The summed E-state index contributed by atoms with van der Waals surface area (Å²) >= 11 is 0. The van der Waals surface area contributed by atoms with E-state index in [1.54, 1.807) is 24.5 Å². The van der Waals surface area contributed by atoms with Gasteiger partial charge in [-0.05, 0) is 24.6 Å². The standard InChI is InChI=1S/C12H12FN3/c1-9-6-14-8-12(16-9)15-7-10-2-4-11(13)5-3-10/h2-6,8H,7H2,1H3,(H,15,16). The van der Waals surface area contributed by atoms with Crippen LogP contribution in [-0.2, 0) is 6.54 Å². The van der Waals surface area contributed by atoms with Crippen LogP contribution >= 0.6 is 0 Å². The molecule has 0 bridgehead atoms. The van der Waals surface area contributed by atoms with E-state index in [4.69, 9.17) is 0 Å². The minimum Gasteiger partial charge on any atom is -0.365 e. The molecule has 0 fully saturated rings. The van der Waals surface area contributed by atoms with Gasteiger partial charge in [0.2, 0.25) is 0 Å². The fraction of sp³-hybridized carbons (Fsp3) is 0.167. The first-order valence-corrected chi connectivity index (χ1v) is 5.01. The molecule has 0 atom stereocenters. The lowest BCUT2D eigenvalue weighted by atomic mass is 10.2. The van der Waals surface area contributed by atoms with Crippen LogP contribution in [-0.4, -0.2) is 9.97 Å². The van der Waals surface area contributed by atoms with Crippen LogP contribution in [0.5, 0.6) is 0 Å². The highest BCUT2D eigenvalue weighted by Crippen LogP contribution is 2.06. The Balaban J connectivity index is 1.99. The van der Waals surface area contributed by atoms with Gasteiger partial charge in [-0.15, -0.1) is 0 Å². The van der Waals surface area contributed by atoms with Crippen LogP contribution in [0.4, 0.5) is 10.2 Å². The zero-order chi connectivity index (χ0) is 11.4. The summed E-state index contributed by atoms with van der Waals surface area (Å²) in [6, 6.07) is 6.37. The van der Waals surface area contributed by atoms with Crippen LogP contribution in [0.2, 0.25) is 0 Å². The lowest BCUT2D eigenvalue weighted by Gasteiger charge is -2.05. The molecule has 0 aliphatic heterocycles. The van der Waals surface area contributed by atoms with Gasteiger partial charge in [-0.1, -0.05) is 12.1 Å². The van der Waals surface area contributed by atoms with Crippen molar-refractivity contribution in [3.63, 3.8) is 0 Å². The molecule has 0 aliphatic carbocycles. The average molecular weight is 217 g/mol. The maximum atomic E-state index is 12.7. The molecule has 1 heterocycles. The molecule has 0 saturated heterocycles. The molecule has 1 aromatic carbocycles. The minimum absolute atomic E-state index is 0.223. The monoisotopic (exact) mass is 217 g/mol. The second-order valence-electron chi connectivity index (χ2n) is 3.53. The van der Waals surface area contributed by atoms with Gasteiger partial charge in [0.15, 0.2) is 0 Å². The first kappa shape index (κ1) is 10.5. The average Bonchev–Trinajstić information content (AvgIpc) is 2.28. The van der Waals surface area contributed by atoms with Gasteiger partial charge in [0.25, 0.3) is 0 Å². The summed E-state index contributed by atoms with van der Waals surface area (Å²) < 4.78 is 12.7. The smallest absolute Gasteiger partial charge is 0.145 e. The number of rotatable bonds is 3. The first-order chi connectivity index (χ1) is 7.74. The Morgan fingerprint density at radius 2 is 1.94 bits per heavy atom. The predicted molar refractivity (Wildman–Crippen MR) is 60.5 cm³/mol. The number of nitrogens with one attached hydrogen (secondary N) is 1. The summed E-state index contributed by atoms with van der Waals surface area (Å²) in [6.45, 7) is 2.49. The van der Waals surface area contributed by atoms with Gasteiger partial charge in [-0.3, -0.25) is 4.98 Å². The van der Waals surface area contributed by atoms with Crippen LogP contribution in [0, 0.1) is 12.7 Å². The molecule has 0 radical (unpaired) electrons. The summed E-state index contributed by atoms with van der Waals surface area (Å²) in [5, 5.41) is 3.13. The van der Waals surface area contributed by atoms with Gasteiger partial charge < -0.3 is 5.32 Å². The molecule has 1 aromatic heterocycles. The quantitative estimate of drug-likeness (QED) is 0.858. The number of aryl methyl sites for hydroxylation is 1. The van der Waals surface area contributed by atoms with Crippen molar-refractivity contribution in [1.82, 2.24) is 9.97 Å². The van der Waals surface area contributed by atoms with E-state index in [1.165, 1.54) is 12.1 Å². The summed E-state index contributed by atoms with van der Waals surface area (Å²) in [6.07, 6.45) is 3.36. The van der Waals surface area contributed by atoms with E-state index >= 15 is 0 Å². The van der Waals surface area contributed by atoms with Crippen molar-refractivity contribution in [2.45, 2.75) is 13.5 Å². The number of hydrogen-bond acceptors (Lipinski definition) is 3. The molecule has 4 heteroatoms. The summed E-state index contributed by atoms with van der Waals surface area (Å²) in [4.78, 5) is 8.28. The molecule has 1 N–H and O–H groups in total. The number of halogens is 1. The molecule has 2 rings (SSSR count). The Bertz CT molecular complexity index is 468. The van der Waals surface area contributed by atoms with E-state index in [1.807, 2.05) is 6.92 Å². The molecule has 0 unspecified atom stereocenters. The van der Waals surface area contributed by atoms with Gasteiger partial charge in [0.1, 0.15) is 11.6 Å². The fourth-order valence-electron chi connectivity index (χ4n) is 1.34. The lowest BCUT2D eigenvalue weighted by Crippen LogP contribution is -2.02. The van der Waals surface area contributed by atoms with Crippen molar-refractivity contribution < 1.29 is 4.39 Å². The number of hydrogen-bond donors (Lipinski definition) is 1. The highest BCUT2D eigenvalue weighted by Gasteiger charge is 1.96. The van der Waals surface area contributed by atoms with Gasteiger partial charge in [-0.2, -0.15) is 0 Å². The lowest BCUT2D eigenvalue weighted by molar-refractivity contribution is 0.627. The third-order valence-electron chi connectivity index (χ3n) is 2.14. The molecule has 0 saturated carbocycles. The van der Waals surface area contributed by atoms with E-state index in [0.29, 0.717) is 6.54 Å². The molecule has 2 aromatic rings. The van der Waals surface area contributed by atoms with Gasteiger partial charge in [0, 0.05) is 12.7 Å². The first-order valence-electron chi connectivity index (χ1n) is 5.01. The summed E-state index contributed by atoms with van der Waals surface area (Å²) in [5.74, 6) is 0.503. The third kappa shape index (κ3) is 2.76. The Morgan fingerprint density at radius 3 is 2.62 bits per heavy atom. The highest BCUT2D eigenvalue weighted by molar-refractivity contribution is 5.33. The Labute approximate surface area is 93.4 Å². The molecule has 0 spiro atoms. The van der Waals surface area contributed by atoms with E-state index in [9.17, 15) is 4.39 Å². The van der Waals surface area contributed by atoms with E-state index in [0.717, 1.165) is 17.1 Å². The van der Waals surface area contributed by atoms with Crippen LogP contribution in [0.3, 0.4) is 0 Å². The Kier molecular flexibility index (Phi) is 3.10. The largest absolute Gasteiger partial charge is 0.365 e. The summed E-state index contributed by atoms with van der Waals surface area (Å²) in [7, 11) is 0. The van der Waals surface area contributed by atoms with E-state index in [2.05, 4.69) is 15.3 Å². The molecule has 16 heavy (non-hydrogen) atoms. The SMILES string of the molecule is Cc1cncc(NCc2ccc(F)cc2)n1. The molecule has 0 amide bonds. The van der Waals surface area contributed by atoms with Crippen LogP contribution in [0.1, 0.15) is 11.3 Å². The van der Waals surface area contributed by atoms with Crippen LogP contribution in [0.15, 0.2) is 36.7 Å². The molecule has 82 valence electrons. The Morgan fingerprint density at radius 1 is 1.19 bits per heavy atom. The van der Waals surface area contributed by atoms with E-state index < -0.39 is 0 Å². The van der Waals surface area contributed by atoms with Crippen LogP contribution < -0.4 is 5.32 Å². The molecular weight excluding hydrogens is 205 g/mol. The zero-order valence-corrected chi connectivity index (χ0v) is 8.94. The molecule has 3 nitrogen and oxygen atoms in total. The number of nitrogens with zero attached hydrogens (tertiary/aromatic N) is 2. The third-order valence-corrected chi connectivity index (χ3v) is 2.14. The highest BCUT2D eigenvalue weighted by atomic mass is 19.1. The van der Waals surface area contributed by atoms with Crippen molar-refractivity contribution >= 4 is 5.82 Å². The van der Waals surface area contributed by atoms with Gasteiger partial charge in [-0.25, -0.2) is 9.37 Å². The maximum Gasteiger partial charge on any atom is 0.145 e. The fourth-order valence-corrected chi connectivity index (χ4v) is 1.34. The van der Waals surface area contributed by atoms with Crippen molar-refractivity contribution in [3.05, 3.63) is 53.7 Å². The number of anilines is 1. The zero-order valence-electron chi connectivity index (χ0n) is 8.94. The van der Waals surface area contributed by atoms with Crippen molar-refractivity contribution in [2.24, 2.45) is 0 Å². The minimum atomic E-state index is -0.223. The molecular formula is C12H12FN3. The van der Waals surface area contributed by atoms with Crippen molar-refractivity contribution in [3.8, 4) is 0 Å². The van der Waals surface area contributed by atoms with Crippen molar-refractivity contribution in [2.75, 3.05) is 5.32 Å². The molecule has 0 aliphatic rings. The summed E-state index contributed by atoms with van der Waals surface area (Å²) in [5.41, 5.74) is 1.87.